The summed E-state index contributed by atoms with van der Waals surface area (Å²) in [6, 6.07) is 2.54. The van der Waals surface area contributed by atoms with Crippen LogP contribution in [0.3, 0.4) is 0 Å². The number of nitrogens with zero attached hydrogens (tertiary/aromatic N) is 1. The van der Waals surface area contributed by atoms with E-state index in [1.165, 1.54) is 6.42 Å². The van der Waals surface area contributed by atoms with Gasteiger partial charge in [0, 0.05) is 6.04 Å². The van der Waals surface area contributed by atoms with E-state index >= 15 is 0 Å². The van der Waals surface area contributed by atoms with E-state index in [4.69, 9.17) is 5.26 Å². The van der Waals surface area contributed by atoms with Crippen LogP contribution in [0.5, 0.6) is 0 Å². The van der Waals surface area contributed by atoms with Crippen molar-refractivity contribution in [1.29, 1.82) is 5.26 Å². The summed E-state index contributed by atoms with van der Waals surface area (Å²) in [5.74, 6) is 0.504. The van der Waals surface area contributed by atoms with Crippen LogP contribution in [0.15, 0.2) is 0 Å². The van der Waals surface area contributed by atoms with Crippen LogP contribution in [0.25, 0.3) is 0 Å². The van der Waals surface area contributed by atoms with Gasteiger partial charge in [-0.05, 0) is 38.0 Å². The summed E-state index contributed by atoms with van der Waals surface area (Å²) in [6.45, 7) is 2.09. The first-order valence-corrected chi connectivity index (χ1v) is 5.38. The molecular weight excluding hydrogens is 176 g/mol. The average molecular weight is 192 g/mol. The second-order valence-corrected chi connectivity index (χ2v) is 4.81. The highest BCUT2D eigenvalue weighted by Crippen LogP contribution is 2.45. The van der Waals surface area contributed by atoms with Crippen LogP contribution in [0.1, 0.15) is 39.0 Å². The first-order valence-electron chi connectivity index (χ1n) is 5.38. The molecule has 0 spiro atoms. The molecule has 2 rings (SSSR count). The zero-order chi connectivity index (χ0) is 10.2. The minimum absolute atomic E-state index is 0.0252. The molecule has 3 heteroatoms. The highest BCUT2D eigenvalue weighted by Gasteiger charge is 2.49. The van der Waals surface area contributed by atoms with Crippen LogP contribution < -0.4 is 5.32 Å². The molecule has 2 saturated carbocycles. The fourth-order valence-electron chi connectivity index (χ4n) is 2.33. The molecule has 1 N–H and O–H groups in total. The van der Waals surface area contributed by atoms with Crippen molar-refractivity contribution in [3.8, 4) is 6.07 Å². The van der Waals surface area contributed by atoms with Crippen molar-refractivity contribution in [1.82, 2.24) is 5.32 Å². The SMILES string of the molecule is CC1CC(C#N)(C(=O)NC2CCC2)C1. The van der Waals surface area contributed by atoms with Gasteiger partial charge in [-0.2, -0.15) is 5.26 Å². The maximum absolute atomic E-state index is 11.8. The predicted octanol–water partition coefficient (Wildman–Crippen LogP) is 1.59. The maximum Gasteiger partial charge on any atom is 0.240 e. The van der Waals surface area contributed by atoms with Gasteiger partial charge < -0.3 is 5.32 Å². The molecule has 0 saturated heterocycles. The number of rotatable bonds is 2. The lowest BCUT2D eigenvalue weighted by molar-refractivity contribution is -0.135. The predicted molar refractivity (Wildman–Crippen MR) is 52.2 cm³/mol. The molecule has 0 unspecified atom stereocenters. The number of carbonyl (C=O) groups is 1. The van der Waals surface area contributed by atoms with Crippen molar-refractivity contribution in [3.63, 3.8) is 0 Å². The highest BCUT2D eigenvalue weighted by atomic mass is 16.2. The number of carbonyl (C=O) groups excluding carboxylic acids is 1. The summed E-state index contributed by atoms with van der Waals surface area (Å²) in [6.07, 6.45) is 4.86. The number of hydrogen-bond acceptors (Lipinski definition) is 2. The van der Waals surface area contributed by atoms with Gasteiger partial charge in [-0.25, -0.2) is 0 Å². The second kappa shape index (κ2) is 3.27. The maximum atomic E-state index is 11.8. The molecule has 0 aromatic rings. The fraction of sp³-hybridized carbons (Fsp3) is 0.818. The van der Waals surface area contributed by atoms with Crippen LogP contribution in [0.2, 0.25) is 0 Å². The van der Waals surface area contributed by atoms with Gasteiger partial charge in [-0.15, -0.1) is 0 Å². The van der Waals surface area contributed by atoms with E-state index in [-0.39, 0.29) is 5.91 Å². The molecule has 0 aliphatic heterocycles. The summed E-state index contributed by atoms with van der Waals surface area (Å²) in [7, 11) is 0. The highest BCUT2D eigenvalue weighted by molar-refractivity contribution is 5.86. The van der Waals surface area contributed by atoms with E-state index in [2.05, 4.69) is 18.3 Å². The molecule has 0 bridgehead atoms. The lowest BCUT2D eigenvalue weighted by Gasteiger charge is -2.41. The van der Waals surface area contributed by atoms with Gasteiger partial charge in [0.1, 0.15) is 5.41 Å². The Bertz CT molecular complexity index is 282. The Kier molecular flexibility index (Phi) is 2.22. The average Bonchev–Trinajstić information content (AvgIpc) is 2.05. The third-order valence-corrected chi connectivity index (χ3v) is 3.48. The van der Waals surface area contributed by atoms with Gasteiger partial charge in [-0.1, -0.05) is 6.92 Å². The summed E-state index contributed by atoms with van der Waals surface area (Å²) >= 11 is 0. The largest absolute Gasteiger partial charge is 0.352 e. The van der Waals surface area contributed by atoms with E-state index < -0.39 is 5.41 Å². The standard InChI is InChI=1S/C11H16N2O/c1-8-5-11(6-8,7-12)10(14)13-9-3-2-4-9/h8-9H,2-6H2,1H3,(H,13,14). The molecule has 0 atom stereocenters. The van der Waals surface area contributed by atoms with Gasteiger partial charge in [-0.3, -0.25) is 4.79 Å². The van der Waals surface area contributed by atoms with Gasteiger partial charge in [0.2, 0.25) is 5.91 Å². The summed E-state index contributed by atoms with van der Waals surface area (Å²) in [5.41, 5.74) is -0.686. The fourth-order valence-corrected chi connectivity index (χ4v) is 2.33. The smallest absolute Gasteiger partial charge is 0.240 e. The molecule has 2 fully saturated rings. The van der Waals surface area contributed by atoms with E-state index in [1.807, 2.05) is 0 Å². The van der Waals surface area contributed by atoms with E-state index in [0.717, 1.165) is 25.7 Å². The Morgan fingerprint density at radius 2 is 2.14 bits per heavy atom. The van der Waals surface area contributed by atoms with Crippen LogP contribution in [0.4, 0.5) is 0 Å². The Labute approximate surface area is 84.5 Å². The molecule has 0 radical (unpaired) electrons. The number of nitrogens with one attached hydrogen (secondary N) is 1. The lowest BCUT2D eigenvalue weighted by atomic mass is 9.63. The number of nitriles is 1. The second-order valence-electron chi connectivity index (χ2n) is 4.81. The third kappa shape index (κ3) is 1.39. The molecule has 76 valence electrons. The number of amides is 1. The minimum atomic E-state index is -0.686. The van der Waals surface area contributed by atoms with E-state index in [0.29, 0.717) is 12.0 Å². The molecule has 1 amide bonds. The number of hydrogen-bond donors (Lipinski definition) is 1. The van der Waals surface area contributed by atoms with Gasteiger partial charge in [0.05, 0.1) is 6.07 Å². The van der Waals surface area contributed by atoms with Crippen molar-refractivity contribution >= 4 is 5.91 Å². The van der Waals surface area contributed by atoms with Crippen LogP contribution in [-0.2, 0) is 4.79 Å². The molecule has 0 heterocycles. The summed E-state index contributed by atoms with van der Waals surface area (Å²) in [4.78, 5) is 11.8. The zero-order valence-electron chi connectivity index (χ0n) is 8.55. The zero-order valence-corrected chi connectivity index (χ0v) is 8.55. The molecule has 3 nitrogen and oxygen atoms in total. The molecule has 0 aromatic carbocycles. The van der Waals surface area contributed by atoms with Crippen molar-refractivity contribution < 1.29 is 4.79 Å². The van der Waals surface area contributed by atoms with E-state index in [1.54, 1.807) is 0 Å². The quantitative estimate of drug-likeness (QED) is 0.722. The first-order chi connectivity index (χ1) is 6.66. The molecule has 2 aliphatic carbocycles. The lowest BCUT2D eigenvalue weighted by Crippen LogP contribution is -2.52. The third-order valence-electron chi connectivity index (χ3n) is 3.48. The summed E-state index contributed by atoms with van der Waals surface area (Å²) in [5, 5.41) is 12.0. The van der Waals surface area contributed by atoms with Crippen LogP contribution in [0, 0.1) is 22.7 Å². The molecule has 0 aromatic heterocycles. The van der Waals surface area contributed by atoms with Crippen LogP contribution >= 0.6 is 0 Å². The van der Waals surface area contributed by atoms with Crippen molar-refractivity contribution in [2.75, 3.05) is 0 Å². The molecule has 14 heavy (non-hydrogen) atoms. The summed E-state index contributed by atoms with van der Waals surface area (Å²) < 4.78 is 0. The normalized spacial score (nSPS) is 36.4. The molecular formula is C11H16N2O. The van der Waals surface area contributed by atoms with Gasteiger partial charge >= 0.3 is 0 Å². The molecule has 2 aliphatic rings. The topological polar surface area (TPSA) is 52.9 Å². The first kappa shape index (κ1) is 9.51. The van der Waals surface area contributed by atoms with E-state index in [9.17, 15) is 4.79 Å². The Morgan fingerprint density at radius 3 is 2.50 bits per heavy atom. The van der Waals surface area contributed by atoms with Gasteiger partial charge in [0.15, 0.2) is 0 Å². The monoisotopic (exact) mass is 192 g/mol. The Balaban J connectivity index is 1.92. The van der Waals surface area contributed by atoms with Gasteiger partial charge in [0.25, 0.3) is 0 Å². The van der Waals surface area contributed by atoms with Crippen LogP contribution in [-0.4, -0.2) is 11.9 Å². The minimum Gasteiger partial charge on any atom is -0.352 e. The van der Waals surface area contributed by atoms with Crippen molar-refractivity contribution in [3.05, 3.63) is 0 Å². The Hall–Kier alpha value is -1.04. The van der Waals surface area contributed by atoms with Crippen molar-refractivity contribution in [2.45, 2.75) is 45.1 Å². The Morgan fingerprint density at radius 1 is 1.50 bits per heavy atom. The van der Waals surface area contributed by atoms with Crippen molar-refractivity contribution in [2.24, 2.45) is 11.3 Å².